The number of nitrogens with zero attached hydrogens (tertiary/aromatic N) is 3. The lowest BCUT2D eigenvalue weighted by Crippen LogP contribution is -2.46. The van der Waals surface area contributed by atoms with Gasteiger partial charge in [0, 0.05) is 48.6 Å². The van der Waals surface area contributed by atoms with E-state index in [0.29, 0.717) is 5.69 Å². The van der Waals surface area contributed by atoms with E-state index in [9.17, 15) is 22.0 Å². The van der Waals surface area contributed by atoms with E-state index in [1.54, 1.807) is 18.3 Å². The Morgan fingerprint density at radius 2 is 2.03 bits per heavy atom. The smallest absolute Gasteiger partial charge is 0.355 e. The van der Waals surface area contributed by atoms with Crippen molar-refractivity contribution in [2.24, 2.45) is 5.92 Å². The Hall–Kier alpha value is -2.20. The monoisotopic (exact) mass is 506 g/mol. The van der Waals surface area contributed by atoms with Gasteiger partial charge in [0.15, 0.2) is 5.69 Å². The van der Waals surface area contributed by atoms with Crippen molar-refractivity contribution < 1.29 is 22.0 Å². The van der Waals surface area contributed by atoms with Crippen LogP contribution in [0.2, 0.25) is 5.02 Å². The Kier molecular flexibility index (Phi) is 7.10. The Labute approximate surface area is 196 Å². The molecule has 2 aromatic heterocycles. The molecule has 0 amide bonds. The summed E-state index contributed by atoms with van der Waals surface area (Å²) in [6.07, 6.45) is -1.82. The van der Waals surface area contributed by atoms with Crippen molar-refractivity contribution in [3.05, 3.63) is 46.8 Å². The van der Waals surface area contributed by atoms with E-state index < -0.39 is 35.2 Å². The fraction of sp³-hybridized carbons (Fsp3) is 0.409. The molecule has 2 atom stereocenters. The van der Waals surface area contributed by atoms with E-state index in [-0.39, 0.29) is 46.2 Å². The van der Waals surface area contributed by atoms with Crippen molar-refractivity contribution in [1.29, 1.82) is 0 Å². The fourth-order valence-electron chi connectivity index (χ4n) is 3.64. The third-order valence-electron chi connectivity index (χ3n) is 5.54. The van der Waals surface area contributed by atoms with Gasteiger partial charge in [0.2, 0.25) is 0 Å². The first kappa shape index (κ1) is 25.4. The van der Waals surface area contributed by atoms with E-state index in [2.05, 4.69) is 27.7 Å². The number of piperidine rings is 1. The van der Waals surface area contributed by atoms with Gasteiger partial charge in [0.1, 0.15) is 5.82 Å². The van der Waals surface area contributed by atoms with Crippen LogP contribution in [0.3, 0.4) is 0 Å². The van der Waals surface area contributed by atoms with Crippen LogP contribution >= 0.6 is 22.1 Å². The second kappa shape index (κ2) is 9.21. The number of anilines is 2. The lowest BCUT2D eigenvalue weighted by atomic mass is 9.94. The van der Waals surface area contributed by atoms with Crippen LogP contribution < -0.4 is 10.2 Å². The third-order valence-corrected chi connectivity index (χ3v) is 6.94. The first-order chi connectivity index (χ1) is 15.2. The number of alkyl halides is 5. The molecular formula is C22H24ClF5N4S. The zero-order valence-electron chi connectivity index (χ0n) is 18.4. The van der Waals surface area contributed by atoms with Crippen LogP contribution in [0.25, 0.3) is 5.70 Å². The molecule has 11 heteroatoms. The van der Waals surface area contributed by atoms with Crippen molar-refractivity contribution >= 4 is 45.2 Å². The predicted molar refractivity (Wildman–Crippen MR) is 126 cm³/mol. The van der Waals surface area contributed by atoms with Gasteiger partial charge in [-0.3, -0.25) is 4.98 Å². The summed E-state index contributed by atoms with van der Waals surface area (Å²) >= 11 is 6.07. The van der Waals surface area contributed by atoms with Gasteiger partial charge in [-0.05, 0) is 30.9 Å². The minimum Gasteiger partial charge on any atom is -0.355 e. The minimum atomic E-state index is -4.81. The maximum atomic E-state index is 14.1. The molecule has 1 fully saturated rings. The molecule has 0 aliphatic carbocycles. The Morgan fingerprint density at radius 3 is 2.61 bits per heavy atom. The van der Waals surface area contributed by atoms with Crippen molar-refractivity contribution in [2.75, 3.05) is 29.6 Å². The maximum absolute atomic E-state index is 14.1. The summed E-state index contributed by atoms with van der Waals surface area (Å²) in [5.74, 6) is -0.0891. The van der Waals surface area contributed by atoms with E-state index in [4.69, 9.17) is 11.6 Å². The molecule has 0 spiro atoms. The highest BCUT2D eigenvalue weighted by molar-refractivity contribution is 8.13. The number of aromatic nitrogens is 2. The molecule has 3 heterocycles. The zero-order valence-corrected chi connectivity index (χ0v) is 19.9. The van der Waals surface area contributed by atoms with Gasteiger partial charge < -0.3 is 10.2 Å². The number of halogens is 6. The number of hydrogen-bond acceptors (Lipinski definition) is 4. The largest absolute Gasteiger partial charge is 0.434 e. The summed E-state index contributed by atoms with van der Waals surface area (Å²) in [5.41, 5.74) is -0.0516. The summed E-state index contributed by atoms with van der Waals surface area (Å²) < 4.78 is 69.0. The second-order valence-corrected chi connectivity index (χ2v) is 10.1. The van der Waals surface area contributed by atoms with E-state index in [0.717, 1.165) is 5.03 Å². The van der Waals surface area contributed by atoms with Crippen LogP contribution in [0.5, 0.6) is 0 Å². The molecule has 1 aliphatic heterocycles. The molecule has 0 bridgehead atoms. The summed E-state index contributed by atoms with van der Waals surface area (Å²) in [7, 11) is -0.358. The van der Waals surface area contributed by atoms with E-state index >= 15 is 0 Å². The first-order valence-corrected chi connectivity index (χ1v) is 12.2. The maximum Gasteiger partial charge on any atom is 0.434 e. The number of nitrogens with one attached hydrogen (secondary N) is 1. The number of rotatable bonds is 5. The van der Waals surface area contributed by atoms with E-state index in [1.807, 2.05) is 6.26 Å². The molecule has 1 aliphatic rings. The average molecular weight is 507 g/mol. The Bertz CT molecular complexity index is 1100. The molecule has 0 aromatic carbocycles. The van der Waals surface area contributed by atoms with Crippen molar-refractivity contribution in [2.45, 2.75) is 37.4 Å². The highest BCUT2D eigenvalue weighted by atomic mass is 35.5. The number of pyridine rings is 2. The summed E-state index contributed by atoms with van der Waals surface area (Å²) in [4.78, 5) is 9.51. The van der Waals surface area contributed by atoms with Gasteiger partial charge in [-0.1, -0.05) is 31.0 Å². The number of hydrogen-bond donors (Lipinski definition) is 1. The van der Waals surface area contributed by atoms with Gasteiger partial charge in [0.25, 0.3) is 5.92 Å². The highest BCUT2D eigenvalue weighted by Crippen LogP contribution is 2.43. The topological polar surface area (TPSA) is 41.1 Å². The summed E-state index contributed by atoms with van der Waals surface area (Å²) in [6, 6.07) is 3.44. The Morgan fingerprint density at radius 1 is 1.36 bits per heavy atom. The summed E-state index contributed by atoms with van der Waals surface area (Å²) in [5, 5.41) is 3.26. The highest BCUT2D eigenvalue weighted by Gasteiger charge is 2.43. The summed E-state index contributed by atoms with van der Waals surface area (Å²) in [6.45, 7) is 6.49. The lowest BCUT2D eigenvalue weighted by Gasteiger charge is -2.38. The van der Waals surface area contributed by atoms with E-state index in [1.165, 1.54) is 18.7 Å². The van der Waals surface area contributed by atoms with Crippen molar-refractivity contribution in [1.82, 2.24) is 9.97 Å². The van der Waals surface area contributed by atoms with Crippen LogP contribution in [-0.4, -0.2) is 41.1 Å². The van der Waals surface area contributed by atoms with Gasteiger partial charge in [-0.25, -0.2) is 13.8 Å². The van der Waals surface area contributed by atoms with Gasteiger partial charge in [0.05, 0.1) is 10.0 Å². The molecular weight excluding hydrogens is 483 g/mol. The molecule has 1 saturated heterocycles. The predicted octanol–water partition coefficient (Wildman–Crippen LogP) is 6.71. The molecule has 0 saturated carbocycles. The normalized spacial score (nSPS) is 19.3. The molecule has 2 unspecified atom stereocenters. The molecule has 2 aromatic rings. The van der Waals surface area contributed by atoms with Crippen molar-refractivity contribution in [3.63, 3.8) is 0 Å². The molecule has 1 N–H and O–H groups in total. The lowest BCUT2D eigenvalue weighted by molar-refractivity contribution is -0.141. The molecule has 3 rings (SSSR count). The van der Waals surface area contributed by atoms with Gasteiger partial charge >= 0.3 is 6.18 Å². The fourth-order valence-corrected chi connectivity index (χ4v) is 4.45. The van der Waals surface area contributed by atoms with Crippen LogP contribution in [0.1, 0.15) is 30.2 Å². The van der Waals surface area contributed by atoms with Crippen LogP contribution in [-0.2, 0) is 6.18 Å². The standard InChI is InChI=1S/C22H24ClF5N4S/c1-12-11-32(9-7-21(12,24)25)20-17(13(2)18(23)19(31-20)22(26,27)28)14(3)30-15-6-8-29-16(10-15)33(4)5/h6,8,10,12H,3-4,7,9,11H2,1-2,5H3,(H,29,30). The van der Waals surface area contributed by atoms with Crippen molar-refractivity contribution in [3.8, 4) is 0 Å². The Balaban J connectivity index is 2.09. The molecule has 4 nitrogen and oxygen atoms in total. The quantitative estimate of drug-likeness (QED) is 0.361. The minimum absolute atomic E-state index is 0.0780. The van der Waals surface area contributed by atoms with Crippen LogP contribution in [0, 0.1) is 12.8 Å². The third kappa shape index (κ3) is 5.32. The zero-order chi connectivity index (χ0) is 24.7. The molecule has 0 radical (unpaired) electrons. The first-order valence-electron chi connectivity index (χ1n) is 10.0. The van der Waals surface area contributed by atoms with Gasteiger partial charge in [-0.2, -0.15) is 13.2 Å². The molecule has 180 valence electrons. The molecule has 33 heavy (non-hydrogen) atoms. The average Bonchev–Trinajstić information content (AvgIpc) is 2.71. The van der Waals surface area contributed by atoms with Crippen LogP contribution in [0.15, 0.2) is 29.9 Å². The second-order valence-electron chi connectivity index (χ2n) is 8.08. The SMILES string of the molecule is C=C(Nc1ccnc(S(=C)C)c1)c1c(N2CCC(F)(F)C(C)C2)nc(C(F)(F)F)c(Cl)c1C. The van der Waals surface area contributed by atoms with Gasteiger partial charge in [-0.15, -0.1) is 10.5 Å². The van der Waals surface area contributed by atoms with Crippen LogP contribution in [0.4, 0.5) is 33.5 Å².